The quantitative estimate of drug-likeness (QED) is 0.876. The van der Waals surface area contributed by atoms with Crippen LogP contribution in [-0.4, -0.2) is 48.7 Å². The summed E-state index contributed by atoms with van der Waals surface area (Å²) in [5.74, 6) is 0.221. The van der Waals surface area contributed by atoms with Gasteiger partial charge >= 0.3 is 6.36 Å². The van der Waals surface area contributed by atoms with E-state index in [1.807, 2.05) is 0 Å². The minimum absolute atomic E-state index is 0.142. The molecule has 0 aliphatic carbocycles. The maximum Gasteiger partial charge on any atom is 0.573 e. The second kappa shape index (κ2) is 7.00. The Morgan fingerprint density at radius 2 is 1.86 bits per heavy atom. The molecule has 1 aliphatic rings. The maximum absolute atomic E-state index is 12.0. The van der Waals surface area contributed by atoms with Crippen LogP contribution >= 0.6 is 0 Å². The van der Waals surface area contributed by atoms with Gasteiger partial charge in [0.25, 0.3) is 0 Å². The molecule has 1 fully saturated rings. The number of hydrogen-bond donors (Lipinski definition) is 1. The Morgan fingerprint density at radius 3 is 2.48 bits per heavy atom. The molecule has 7 heteroatoms. The molecule has 118 valence electrons. The number of rotatable bonds is 6. The Morgan fingerprint density at radius 1 is 1.19 bits per heavy atom. The molecule has 0 saturated carbocycles. The molecule has 21 heavy (non-hydrogen) atoms. The minimum Gasteiger partial charge on any atom is -0.492 e. The van der Waals surface area contributed by atoms with Crippen LogP contribution in [0.3, 0.4) is 0 Å². The van der Waals surface area contributed by atoms with Gasteiger partial charge in [-0.15, -0.1) is 13.2 Å². The first-order chi connectivity index (χ1) is 9.98. The van der Waals surface area contributed by atoms with E-state index in [4.69, 9.17) is 4.74 Å². The molecule has 0 amide bonds. The van der Waals surface area contributed by atoms with Crippen molar-refractivity contribution in [2.24, 2.45) is 0 Å². The van der Waals surface area contributed by atoms with Gasteiger partial charge in [0, 0.05) is 12.6 Å². The van der Waals surface area contributed by atoms with E-state index in [-0.39, 0.29) is 18.4 Å². The number of nitrogens with zero attached hydrogens (tertiary/aromatic N) is 1. The molecule has 1 aromatic carbocycles. The first-order valence-corrected chi connectivity index (χ1v) is 6.81. The smallest absolute Gasteiger partial charge is 0.492 e. The molecule has 1 aliphatic heterocycles. The summed E-state index contributed by atoms with van der Waals surface area (Å²) in [5, 5.41) is 9.19. The van der Waals surface area contributed by atoms with Crippen molar-refractivity contribution in [3.8, 4) is 11.5 Å². The molecule has 1 aromatic rings. The van der Waals surface area contributed by atoms with Crippen LogP contribution in [0.15, 0.2) is 24.3 Å². The number of aliphatic hydroxyl groups is 1. The zero-order valence-corrected chi connectivity index (χ0v) is 11.5. The standard InChI is InChI=1S/C14H18F3NO3/c15-14(16,17)21-13-5-3-12(4-6-13)20-9-8-18-7-1-2-11(18)10-19/h3-6,11,19H,1-2,7-10H2/t11-/m1/s1. The summed E-state index contributed by atoms with van der Waals surface area (Å²) in [6, 6.07) is 5.50. The van der Waals surface area contributed by atoms with Crippen LogP contribution in [0.5, 0.6) is 11.5 Å². The van der Waals surface area contributed by atoms with Crippen molar-refractivity contribution in [3.63, 3.8) is 0 Å². The van der Waals surface area contributed by atoms with Gasteiger partial charge in [0.05, 0.1) is 6.61 Å². The second-order valence-corrected chi connectivity index (χ2v) is 4.88. The first-order valence-electron chi connectivity index (χ1n) is 6.81. The molecule has 1 N–H and O–H groups in total. The molecular weight excluding hydrogens is 287 g/mol. The summed E-state index contributed by atoms with van der Waals surface area (Å²) in [5.41, 5.74) is 0. The van der Waals surface area contributed by atoms with Crippen molar-refractivity contribution < 1.29 is 27.8 Å². The Hall–Kier alpha value is -1.47. The van der Waals surface area contributed by atoms with Crippen molar-refractivity contribution in [2.75, 3.05) is 26.3 Å². The lowest BCUT2D eigenvalue weighted by molar-refractivity contribution is -0.274. The van der Waals surface area contributed by atoms with Crippen LogP contribution in [0.4, 0.5) is 13.2 Å². The normalized spacial score (nSPS) is 19.7. The maximum atomic E-state index is 12.0. The Labute approximate surface area is 121 Å². The molecular formula is C14H18F3NO3. The fourth-order valence-corrected chi connectivity index (χ4v) is 2.41. The molecule has 0 bridgehead atoms. The Balaban J connectivity index is 1.76. The van der Waals surface area contributed by atoms with Gasteiger partial charge in [-0.1, -0.05) is 0 Å². The highest BCUT2D eigenvalue weighted by Gasteiger charge is 2.31. The summed E-state index contributed by atoms with van der Waals surface area (Å²) in [7, 11) is 0. The van der Waals surface area contributed by atoms with E-state index in [1.54, 1.807) is 0 Å². The fraction of sp³-hybridized carbons (Fsp3) is 0.571. The first kappa shape index (κ1) is 15.9. The van der Waals surface area contributed by atoms with Crippen molar-refractivity contribution >= 4 is 0 Å². The summed E-state index contributed by atoms with van der Waals surface area (Å²) < 4.78 is 45.3. The topological polar surface area (TPSA) is 41.9 Å². The molecule has 1 atom stereocenters. The van der Waals surface area contributed by atoms with Gasteiger partial charge in [0.15, 0.2) is 0 Å². The van der Waals surface area contributed by atoms with Crippen LogP contribution in [-0.2, 0) is 0 Å². The van der Waals surface area contributed by atoms with Crippen LogP contribution in [0.2, 0.25) is 0 Å². The molecule has 0 unspecified atom stereocenters. The third-order valence-electron chi connectivity index (χ3n) is 3.41. The van der Waals surface area contributed by atoms with Crippen LogP contribution < -0.4 is 9.47 Å². The Kier molecular flexibility index (Phi) is 5.30. The van der Waals surface area contributed by atoms with E-state index in [1.165, 1.54) is 24.3 Å². The van der Waals surface area contributed by atoms with E-state index in [0.717, 1.165) is 19.4 Å². The van der Waals surface area contributed by atoms with Gasteiger partial charge in [0.2, 0.25) is 0 Å². The Bertz CT molecular complexity index is 436. The lowest BCUT2D eigenvalue weighted by Gasteiger charge is -2.22. The van der Waals surface area contributed by atoms with Gasteiger partial charge in [-0.05, 0) is 43.7 Å². The number of alkyl halides is 3. The third-order valence-corrected chi connectivity index (χ3v) is 3.41. The van der Waals surface area contributed by atoms with Crippen molar-refractivity contribution in [1.29, 1.82) is 0 Å². The van der Waals surface area contributed by atoms with E-state index < -0.39 is 6.36 Å². The predicted octanol–water partition coefficient (Wildman–Crippen LogP) is 2.42. The van der Waals surface area contributed by atoms with Gasteiger partial charge in [-0.3, -0.25) is 4.90 Å². The van der Waals surface area contributed by atoms with E-state index in [9.17, 15) is 18.3 Å². The largest absolute Gasteiger partial charge is 0.573 e. The lowest BCUT2D eigenvalue weighted by Crippen LogP contribution is -2.35. The number of benzene rings is 1. The molecule has 4 nitrogen and oxygen atoms in total. The average Bonchev–Trinajstić information content (AvgIpc) is 2.86. The number of aliphatic hydroxyl groups excluding tert-OH is 1. The molecule has 1 heterocycles. The number of ether oxygens (including phenoxy) is 2. The van der Waals surface area contributed by atoms with Crippen molar-refractivity contribution in [2.45, 2.75) is 25.2 Å². The summed E-state index contributed by atoms with van der Waals surface area (Å²) in [6.07, 6.45) is -2.63. The van der Waals surface area contributed by atoms with Gasteiger partial charge in [-0.2, -0.15) is 0 Å². The monoisotopic (exact) mass is 305 g/mol. The highest BCUT2D eigenvalue weighted by Crippen LogP contribution is 2.24. The van der Waals surface area contributed by atoms with Gasteiger partial charge in [-0.25, -0.2) is 0 Å². The lowest BCUT2D eigenvalue weighted by atomic mass is 10.2. The van der Waals surface area contributed by atoms with Crippen LogP contribution in [0, 0.1) is 0 Å². The number of likely N-dealkylation sites (tertiary alicyclic amines) is 1. The zero-order valence-electron chi connectivity index (χ0n) is 11.5. The van der Waals surface area contributed by atoms with Gasteiger partial charge < -0.3 is 14.6 Å². The van der Waals surface area contributed by atoms with E-state index in [2.05, 4.69) is 9.64 Å². The molecule has 2 rings (SSSR count). The highest BCUT2D eigenvalue weighted by molar-refractivity contribution is 5.31. The summed E-state index contributed by atoms with van der Waals surface area (Å²) in [6.45, 7) is 2.19. The van der Waals surface area contributed by atoms with E-state index >= 15 is 0 Å². The number of hydrogen-bond acceptors (Lipinski definition) is 4. The second-order valence-electron chi connectivity index (χ2n) is 4.88. The summed E-state index contributed by atoms with van der Waals surface area (Å²) >= 11 is 0. The highest BCUT2D eigenvalue weighted by atomic mass is 19.4. The van der Waals surface area contributed by atoms with Crippen LogP contribution in [0.25, 0.3) is 0 Å². The molecule has 0 radical (unpaired) electrons. The van der Waals surface area contributed by atoms with Crippen molar-refractivity contribution in [1.82, 2.24) is 4.90 Å². The SMILES string of the molecule is OC[C@H]1CCCN1CCOc1ccc(OC(F)(F)F)cc1. The molecule has 0 aromatic heterocycles. The third kappa shape index (κ3) is 5.09. The zero-order chi connectivity index (χ0) is 15.3. The minimum atomic E-state index is -4.68. The predicted molar refractivity (Wildman–Crippen MR) is 70.3 cm³/mol. The van der Waals surface area contributed by atoms with Gasteiger partial charge in [0.1, 0.15) is 18.1 Å². The van der Waals surface area contributed by atoms with Crippen molar-refractivity contribution in [3.05, 3.63) is 24.3 Å². The van der Waals surface area contributed by atoms with Crippen LogP contribution in [0.1, 0.15) is 12.8 Å². The fourth-order valence-electron chi connectivity index (χ4n) is 2.41. The molecule has 1 saturated heterocycles. The average molecular weight is 305 g/mol. The molecule has 0 spiro atoms. The van der Waals surface area contributed by atoms with E-state index in [0.29, 0.717) is 18.9 Å². The number of halogens is 3. The summed E-state index contributed by atoms with van der Waals surface area (Å²) in [4.78, 5) is 2.15.